The molecule has 2 aliphatic heterocycles. The van der Waals surface area contributed by atoms with E-state index in [2.05, 4.69) is 134 Å². The van der Waals surface area contributed by atoms with Gasteiger partial charge >= 0.3 is 0 Å². The fourth-order valence-electron chi connectivity index (χ4n) is 12.6. The van der Waals surface area contributed by atoms with Crippen molar-refractivity contribution in [1.29, 1.82) is 0 Å². The predicted molar refractivity (Wildman–Crippen MR) is 252 cm³/mol. The highest BCUT2D eigenvalue weighted by Gasteiger charge is 2.42. The van der Waals surface area contributed by atoms with E-state index < -0.39 is 0 Å². The zero-order valence-electron chi connectivity index (χ0n) is 38.3. The summed E-state index contributed by atoms with van der Waals surface area (Å²) < 4.78 is 0. The van der Waals surface area contributed by atoms with Crippen LogP contribution < -0.4 is 5.32 Å². The predicted octanol–water partition coefficient (Wildman–Crippen LogP) is 10.5. The molecule has 9 rings (SSSR count). The molecular weight excluding hydrogens is 749 g/mol. The molecule has 2 unspecified atom stereocenters. The van der Waals surface area contributed by atoms with E-state index in [4.69, 9.17) is 0 Å². The maximum Gasteiger partial charge on any atom is 0.226 e. The van der Waals surface area contributed by atoms with Crippen LogP contribution in [0, 0.1) is 35.5 Å². The maximum atomic E-state index is 13.8. The molecule has 1 N–H and O–H groups in total. The summed E-state index contributed by atoms with van der Waals surface area (Å²) in [5.74, 6) is 3.68. The van der Waals surface area contributed by atoms with Crippen molar-refractivity contribution in [3.05, 3.63) is 118 Å². The molecule has 0 bridgehead atoms. The normalized spacial score (nSPS) is 25.9. The minimum atomic E-state index is 0.211. The zero-order valence-corrected chi connectivity index (χ0v) is 38.3. The molecule has 0 radical (unpaired) electrons. The Labute approximate surface area is 368 Å². The van der Waals surface area contributed by atoms with Crippen LogP contribution in [0.2, 0.25) is 0 Å². The summed E-state index contributed by atoms with van der Waals surface area (Å²) >= 11 is 0. The molecule has 3 aromatic rings. The van der Waals surface area contributed by atoms with Crippen LogP contribution in [0.4, 0.5) is 0 Å². The Hall–Kier alpha value is -4.00. The van der Waals surface area contributed by atoms with Crippen LogP contribution in [0.5, 0.6) is 0 Å². The summed E-state index contributed by atoms with van der Waals surface area (Å²) in [6.07, 6.45) is 13.1. The number of fused-ring (bicyclic) bond motifs is 4. The molecule has 2 amide bonds. The second kappa shape index (κ2) is 19.6. The van der Waals surface area contributed by atoms with Gasteiger partial charge in [0.1, 0.15) is 0 Å². The van der Waals surface area contributed by atoms with Gasteiger partial charge in [0.15, 0.2) is 0 Å². The van der Waals surface area contributed by atoms with Gasteiger partial charge in [-0.1, -0.05) is 107 Å². The van der Waals surface area contributed by atoms with E-state index in [9.17, 15) is 9.59 Å². The summed E-state index contributed by atoms with van der Waals surface area (Å²) in [6.45, 7) is 14.2. The first-order valence-corrected chi connectivity index (χ1v) is 24.2. The number of nitrogens with one attached hydrogen (secondary N) is 1. The van der Waals surface area contributed by atoms with E-state index in [1.165, 1.54) is 75.8 Å². The van der Waals surface area contributed by atoms with Crippen molar-refractivity contribution in [2.75, 3.05) is 40.3 Å². The highest BCUT2D eigenvalue weighted by molar-refractivity contribution is 5.85. The zero-order chi connectivity index (χ0) is 42.6. The second-order valence-corrected chi connectivity index (χ2v) is 20.3. The molecule has 0 spiro atoms. The number of hydrogen-bond donors (Lipinski definition) is 1. The lowest BCUT2D eigenvalue weighted by atomic mass is 9.79. The molecule has 2 fully saturated rings. The lowest BCUT2D eigenvalue weighted by molar-refractivity contribution is -0.140. The molecule has 3 aromatic carbocycles. The van der Waals surface area contributed by atoms with Gasteiger partial charge in [-0.05, 0) is 171 Å². The van der Waals surface area contributed by atoms with Gasteiger partial charge in [-0.25, -0.2) is 0 Å². The summed E-state index contributed by atoms with van der Waals surface area (Å²) in [6, 6.07) is 29.0. The van der Waals surface area contributed by atoms with Gasteiger partial charge in [-0.2, -0.15) is 0 Å². The maximum absolute atomic E-state index is 13.8. The van der Waals surface area contributed by atoms with Crippen LogP contribution in [0.25, 0.3) is 11.1 Å². The molecule has 6 nitrogen and oxygen atoms in total. The van der Waals surface area contributed by atoms with Crippen molar-refractivity contribution < 1.29 is 9.59 Å². The first kappa shape index (κ1) is 43.6. The fraction of sp³-hybridized carbons (Fsp3) is 0.564. The third-order valence-electron chi connectivity index (χ3n) is 15.4. The largest absolute Gasteiger partial charge is 0.335 e. The van der Waals surface area contributed by atoms with E-state index in [1.807, 2.05) is 7.05 Å². The highest BCUT2D eigenvalue weighted by Crippen LogP contribution is 2.45. The van der Waals surface area contributed by atoms with E-state index >= 15 is 0 Å². The third-order valence-corrected chi connectivity index (χ3v) is 15.4. The van der Waals surface area contributed by atoms with Gasteiger partial charge in [-0.3, -0.25) is 9.59 Å². The monoisotopic (exact) mass is 823 g/mol. The van der Waals surface area contributed by atoms with Crippen molar-refractivity contribution in [3.8, 4) is 0 Å². The Balaban J connectivity index is 0.000000173. The number of benzene rings is 3. The number of carbonyl (C=O) groups excluding carboxylic acids is 2. The molecule has 61 heavy (non-hydrogen) atoms. The molecular formula is C55H74N4O2. The molecule has 6 heteroatoms. The second-order valence-electron chi connectivity index (χ2n) is 20.3. The van der Waals surface area contributed by atoms with Gasteiger partial charge < -0.3 is 20.0 Å². The molecule has 4 aliphatic carbocycles. The van der Waals surface area contributed by atoms with E-state index in [0.717, 1.165) is 90.0 Å². The Morgan fingerprint density at radius 1 is 0.623 bits per heavy atom. The molecule has 0 aromatic heterocycles. The molecule has 326 valence electrons. The van der Waals surface area contributed by atoms with Gasteiger partial charge in [0.25, 0.3) is 0 Å². The number of nitrogens with zero attached hydrogens (tertiary/aromatic N) is 3. The molecule has 6 aliphatic rings. The van der Waals surface area contributed by atoms with Crippen LogP contribution in [0.3, 0.4) is 0 Å². The summed E-state index contributed by atoms with van der Waals surface area (Å²) in [7, 11) is 4.26. The molecule has 2 heterocycles. The smallest absolute Gasteiger partial charge is 0.226 e. The lowest BCUT2D eigenvalue weighted by Gasteiger charge is -2.42. The minimum Gasteiger partial charge on any atom is -0.335 e. The first-order chi connectivity index (χ1) is 29.6. The Kier molecular flexibility index (Phi) is 14.0. The molecule has 2 atom stereocenters. The van der Waals surface area contributed by atoms with Gasteiger partial charge in [0.05, 0.1) is 12.1 Å². The Morgan fingerprint density at radius 3 is 1.52 bits per heavy atom. The summed E-state index contributed by atoms with van der Waals surface area (Å²) in [4.78, 5) is 34.3. The number of hydrogen-bond acceptors (Lipinski definition) is 4. The van der Waals surface area contributed by atoms with Crippen LogP contribution in [0.15, 0.2) is 90.0 Å². The van der Waals surface area contributed by atoms with E-state index in [-0.39, 0.29) is 23.9 Å². The number of amides is 2. The van der Waals surface area contributed by atoms with Crippen molar-refractivity contribution in [1.82, 2.24) is 20.0 Å². The van der Waals surface area contributed by atoms with Gasteiger partial charge in [-0.15, -0.1) is 0 Å². The van der Waals surface area contributed by atoms with Crippen molar-refractivity contribution in [3.63, 3.8) is 0 Å². The average Bonchev–Trinajstić information content (AvgIpc) is 3.85. The average molecular weight is 823 g/mol. The Bertz CT molecular complexity index is 2050. The van der Waals surface area contributed by atoms with Crippen molar-refractivity contribution in [2.45, 2.75) is 123 Å². The summed E-state index contributed by atoms with van der Waals surface area (Å²) in [5.41, 5.74) is 13.3. The topological polar surface area (TPSA) is 55.9 Å². The lowest BCUT2D eigenvalue weighted by Crippen LogP contribution is -2.50. The fourth-order valence-corrected chi connectivity index (χ4v) is 12.6. The minimum absolute atomic E-state index is 0.211. The van der Waals surface area contributed by atoms with Gasteiger partial charge in [0, 0.05) is 38.0 Å². The van der Waals surface area contributed by atoms with Crippen LogP contribution >= 0.6 is 0 Å². The standard InChI is InChI=1S/C31H40N2O.C24H34N2O/c1-22(2)30-29-19-26-11-7-8-12-27(26)28(29)17-18-33(30)31(34)25-15-13-24(14-16-25)21-32(3)20-23-9-5-4-6-10-23;1-16(2)23-22-14-19-6-4-5-7-20(19)21(22)12-13-26(23)24(27)18-10-8-17(9-11-18)15-25-3/h4-12,22,24-25,30H,13-21H2,1-3H3;4-7,16-18,23,25H,8-15H2,1-3H3. The number of carbonyl (C=O) groups is 2. The van der Waals surface area contributed by atoms with Crippen LogP contribution in [-0.4, -0.2) is 78.9 Å². The highest BCUT2D eigenvalue weighted by atomic mass is 16.2. The van der Waals surface area contributed by atoms with E-state index in [1.54, 1.807) is 0 Å². The molecule has 0 saturated heterocycles. The SMILES string of the molecule is CC(C)C1C2=C(CCN1C(=O)C1CCC(CN(C)Cc3ccccc3)CC1)c1ccccc1C2.CNCC1CCC(C(=O)N2CCC3=C(Cc4ccccc43)C2C(C)C)CC1. The Morgan fingerprint density at radius 2 is 1.07 bits per heavy atom. The molecule has 2 saturated carbocycles. The van der Waals surface area contributed by atoms with Crippen LogP contribution in [-0.2, 0) is 29.0 Å². The van der Waals surface area contributed by atoms with E-state index in [0.29, 0.717) is 29.6 Å². The van der Waals surface area contributed by atoms with Crippen molar-refractivity contribution >= 4 is 23.0 Å². The number of rotatable bonds is 10. The summed E-state index contributed by atoms with van der Waals surface area (Å²) in [5, 5.41) is 3.30. The quantitative estimate of drug-likeness (QED) is 0.221. The van der Waals surface area contributed by atoms with Gasteiger partial charge in [0.2, 0.25) is 11.8 Å². The van der Waals surface area contributed by atoms with Crippen LogP contribution in [0.1, 0.15) is 120 Å². The third kappa shape index (κ3) is 9.52. The van der Waals surface area contributed by atoms with Crippen molar-refractivity contribution in [2.24, 2.45) is 35.5 Å². The first-order valence-electron chi connectivity index (χ1n) is 24.2.